The van der Waals surface area contributed by atoms with Gasteiger partial charge in [-0.25, -0.2) is 0 Å². The highest BCUT2D eigenvalue weighted by Gasteiger charge is 2.30. The van der Waals surface area contributed by atoms with E-state index in [0.29, 0.717) is 47.8 Å². The van der Waals surface area contributed by atoms with Crippen LogP contribution < -0.4 is 5.32 Å². The zero-order valence-electron chi connectivity index (χ0n) is 17.0. The van der Waals surface area contributed by atoms with E-state index >= 15 is 0 Å². The van der Waals surface area contributed by atoms with E-state index < -0.39 is 18.0 Å². The van der Waals surface area contributed by atoms with Gasteiger partial charge >= 0.3 is 5.97 Å². The molecule has 0 aromatic heterocycles. The van der Waals surface area contributed by atoms with Crippen LogP contribution in [0, 0.1) is 17.2 Å². The van der Waals surface area contributed by atoms with E-state index in [1.165, 1.54) is 6.92 Å². The number of hydrogen-bond acceptors (Lipinski definition) is 5. The van der Waals surface area contributed by atoms with Crippen molar-refractivity contribution in [3.63, 3.8) is 0 Å². The number of nitrogens with zero attached hydrogens (tertiary/aromatic N) is 2. The summed E-state index contributed by atoms with van der Waals surface area (Å²) in [4.78, 5) is 39.0. The van der Waals surface area contributed by atoms with Gasteiger partial charge in [-0.05, 0) is 68.3 Å². The van der Waals surface area contributed by atoms with Crippen LogP contribution in [-0.4, -0.2) is 41.9 Å². The number of likely N-dealkylation sites (tertiary alicyclic amines) is 1. The summed E-state index contributed by atoms with van der Waals surface area (Å²) in [5.41, 5.74) is 1.55. The number of nitrogens with one attached hydrogen (secondary N) is 1. The molecule has 1 saturated heterocycles. The summed E-state index contributed by atoms with van der Waals surface area (Å²) < 4.78 is 5.34. The Kier molecular flexibility index (Phi) is 7.27. The molecule has 2 amide bonds. The maximum atomic E-state index is 12.6. The third kappa shape index (κ3) is 5.83. The number of amides is 2. The number of esters is 1. The summed E-state index contributed by atoms with van der Waals surface area (Å²) in [5.74, 6) is -1.35. The molecule has 1 heterocycles. The van der Waals surface area contributed by atoms with Gasteiger partial charge in [0.2, 0.25) is 0 Å². The number of rotatable bonds is 5. The molecule has 0 saturated carbocycles. The fourth-order valence-corrected chi connectivity index (χ4v) is 3.42. The molecule has 31 heavy (non-hydrogen) atoms. The number of ether oxygens (including phenoxy) is 1. The number of carbonyl (C=O) groups is 3. The minimum Gasteiger partial charge on any atom is -0.452 e. The average molecular weight is 440 g/mol. The highest BCUT2D eigenvalue weighted by atomic mass is 35.5. The molecular formula is C23H22ClN3O4. The molecule has 0 radical (unpaired) electrons. The van der Waals surface area contributed by atoms with E-state index in [9.17, 15) is 14.4 Å². The predicted octanol–water partition coefficient (Wildman–Crippen LogP) is 3.63. The average Bonchev–Trinajstić information content (AvgIpc) is 2.79. The van der Waals surface area contributed by atoms with Crippen LogP contribution in [0.3, 0.4) is 0 Å². The molecule has 0 aliphatic carbocycles. The largest absolute Gasteiger partial charge is 0.452 e. The summed E-state index contributed by atoms with van der Waals surface area (Å²) in [6.45, 7) is 2.39. The molecule has 1 aliphatic rings. The monoisotopic (exact) mass is 439 g/mol. The number of carbonyl (C=O) groups excluding carboxylic acids is 3. The fraction of sp³-hybridized carbons (Fsp3) is 0.304. The van der Waals surface area contributed by atoms with Crippen molar-refractivity contribution in [2.45, 2.75) is 25.9 Å². The smallest absolute Gasteiger partial charge is 0.309 e. The van der Waals surface area contributed by atoms with E-state index in [1.54, 1.807) is 53.4 Å². The van der Waals surface area contributed by atoms with Gasteiger partial charge in [0.15, 0.2) is 6.10 Å². The Labute approximate surface area is 185 Å². The van der Waals surface area contributed by atoms with Crippen molar-refractivity contribution in [2.75, 3.05) is 18.4 Å². The van der Waals surface area contributed by atoms with Crippen molar-refractivity contribution < 1.29 is 19.1 Å². The second-order valence-electron chi connectivity index (χ2n) is 7.33. The van der Waals surface area contributed by atoms with Gasteiger partial charge in [0.05, 0.1) is 17.6 Å². The predicted molar refractivity (Wildman–Crippen MR) is 115 cm³/mol. The van der Waals surface area contributed by atoms with Gasteiger partial charge in [-0.3, -0.25) is 14.4 Å². The van der Waals surface area contributed by atoms with Crippen LogP contribution in [0.4, 0.5) is 5.69 Å². The van der Waals surface area contributed by atoms with Gasteiger partial charge in [0, 0.05) is 29.4 Å². The maximum Gasteiger partial charge on any atom is 0.309 e. The van der Waals surface area contributed by atoms with Crippen molar-refractivity contribution in [3.05, 3.63) is 64.7 Å². The second kappa shape index (κ2) is 10.1. The van der Waals surface area contributed by atoms with Crippen molar-refractivity contribution in [1.29, 1.82) is 5.26 Å². The van der Waals surface area contributed by atoms with Crippen LogP contribution in [0.2, 0.25) is 5.02 Å². The van der Waals surface area contributed by atoms with Gasteiger partial charge < -0.3 is 15.0 Å². The van der Waals surface area contributed by atoms with Crippen LogP contribution >= 0.6 is 11.6 Å². The third-order valence-corrected chi connectivity index (χ3v) is 5.40. The van der Waals surface area contributed by atoms with Crippen molar-refractivity contribution in [1.82, 2.24) is 4.90 Å². The Morgan fingerprint density at radius 2 is 1.71 bits per heavy atom. The first kappa shape index (κ1) is 22.3. The molecule has 1 atom stereocenters. The van der Waals surface area contributed by atoms with Crippen LogP contribution in [0.5, 0.6) is 0 Å². The quantitative estimate of drug-likeness (QED) is 0.717. The van der Waals surface area contributed by atoms with Crippen LogP contribution in [0.25, 0.3) is 0 Å². The summed E-state index contributed by atoms with van der Waals surface area (Å²) in [7, 11) is 0. The number of halogens is 1. The first-order valence-electron chi connectivity index (χ1n) is 9.93. The summed E-state index contributed by atoms with van der Waals surface area (Å²) >= 11 is 5.86. The molecule has 0 unspecified atom stereocenters. The molecule has 1 N–H and O–H groups in total. The van der Waals surface area contributed by atoms with Gasteiger partial charge in [-0.2, -0.15) is 5.26 Å². The standard InChI is InChI=1S/C23H22ClN3O4/c1-15(21(28)26-20-8-2-16(14-25)3-9-20)31-23(30)18-10-12-27(13-11-18)22(29)17-4-6-19(24)7-5-17/h2-9,15,18H,10-13H2,1H3,(H,26,28)/t15-/m1/s1. The molecular weight excluding hydrogens is 418 g/mol. The molecule has 3 rings (SSSR count). The molecule has 7 nitrogen and oxygen atoms in total. The Morgan fingerprint density at radius 3 is 2.29 bits per heavy atom. The lowest BCUT2D eigenvalue weighted by atomic mass is 9.96. The molecule has 0 spiro atoms. The number of hydrogen-bond donors (Lipinski definition) is 1. The van der Waals surface area contributed by atoms with E-state index in [2.05, 4.69) is 5.32 Å². The number of nitriles is 1. The SMILES string of the molecule is C[C@@H](OC(=O)C1CCN(C(=O)c2ccc(Cl)cc2)CC1)C(=O)Nc1ccc(C#N)cc1. The first-order valence-corrected chi connectivity index (χ1v) is 10.3. The minimum atomic E-state index is -0.961. The summed E-state index contributed by atoms with van der Waals surface area (Å²) in [6.07, 6.45) is -0.0126. The van der Waals surface area contributed by atoms with Crippen molar-refractivity contribution in [2.24, 2.45) is 5.92 Å². The Bertz CT molecular complexity index is 991. The normalized spacial score (nSPS) is 14.9. The lowest BCUT2D eigenvalue weighted by molar-refractivity contribution is -0.158. The minimum absolute atomic E-state index is 0.0985. The van der Waals surface area contributed by atoms with Gasteiger partial charge in [-0.1, -0.05) is 11.6 Å². The van der Waals surface area contributed by atoms with Gasteiger partial charge in [0.1, 0.15) is 0 Å². The van der Waals surface area contributed by atoms with E-state index in [4.69, 9.17) is 21.6 Å². The summed E-state index contributed by atoms with van der Waals surface area (Å²) in [5, 5.41) is 12.0. The van der Waals surface area contributed by atoms with Gasteiger partial charge in [-0.15, -0.1) is 0 Å². The van der Waals surface area contributed by atoms with Crippen molar-refractivity contribution >= 4 is 35.1 Å². The Balaban J connectivity index is 1.47. The van der Waals surface area contributed by atoms with E-state index in [0.717, 1.165) is 0 Å². The Hall–Kier alpha value is -3.37. The van der Waals surface area contributed by atoms with Gasteiger partial charge in [0.25, 0.3) is 11.8 Å². The highest BCUT2D eigenvalue weighted by Crippen LogP contribution is 2.22. The molecule has 2 aromatic carbocycles. The topological polar surface area (TPSA) is 99.5 Å². The number of anilines is 1. The number of benzene rings is 2. The molecule has 160 valence electrons. The molecule has 8 heteroatoms. The summed E-state index contributed by atoms with van der Waals surface area (Å²) in [6, 6.07) is 15.1. The van der Waals surface area contributed by atoms with Crippen LogP contribution in [-0.2, 0) is 14.3 Å². The molecule has 1 aliphatic heterocycles. The first-order chi connectivity index (χ1) is 14.9. The van der Waals surface area contributed by atoms with Crippen LogP contribution in [0.1, 0.15) is 35.7 Å². The molecule has 2 aromatic rings. The number of piperidine rings is 1. The Morgan fingerprint density at radius 1 is 1.10 bits per heavy atom. The fourth-order valence-electron chi connectivity index (χ4n) is 3.29. The molecule has 1 fully saturated rings. The van der Waals surface area contributed by atoms with E-state index in [-0.39, 0.29) is 11.8 Å². The zero-order valence-corrected chi connectivity index (χ0v) is 17.8. The third-order valence-electron chi connectivity index (χ3n) is 5.15. The zero-order chi connectivity index (χ0) is 22.4. The lowest BCUT2D eigenvalue weighted by Crippen LogP contribution is -2.41. The van der Waals surface area contributed by atoms with Crippen molar-refractivity contribution in [3.8, 4) is 6.07 Å². The van der Waals surface area contributed by atoms with E-state index in [1.807, 2.05) is 6.07 Å². The second-order valence-corrected chi connectivity index (χ2v) is 7.77. The van der Waals surface area contributed by atoms with Crippen LogP contribution in [0.15, 0.2) is 48.5 Å². The highest BCUT2D eigenvalue weighted by molar-refractivity contribution is 6.30. The lowest BCUT2D eigenvalue weighted by Gasteiger charge is -2.31. The molecule has 0 bridgehead atoms. The maximum absolute atomic E-state index is 12.6.